The number of hydrogen-bond donors (Lipinski definition) is 6. The molecular weight excluding hydrogens is 480 g/mol. The maximum atomic E-state index is 12.8. The number of amides is 1. The van der Waals surface area contributed by atoms with Crippen LogP contribution in [0.5, 0.6) is 0 Å². The fourth-order valence-electron chi connectivity index (χ4n) is 7.04. The zero-order valence-electron chi connectivity index (χ0n) is 21.8. The van der Waals surface area contributed by atoms with Crippen molar-refractivity contribution in [3.63, 3.8) is 0 Å². The summed E-state index contributed by atoms with van der Waals surface area (Å²) in [4.78, 5) is 28.8. The van der Waals surface area contributed by atoms with Crippen molar-refractivity contribution in [2.24, 2.45) is 17.8 Å². The SMILES string of the molecule is O=C(O)C1CCC(O)CC1C(=O)NC1CCC(OC2CCC(NC3CC(O)CCC3COO)CC2)CC1. The predicted molar refractivity (Wildman–Crippen MR) is 135 cm³/mol. The highest BCUT2D eigenvalue weighted by molar-refractivity contribution is 5.85. The Morgan fingerprint density at radius 3 is 1.95 bits per heavy atom. The van der Waals surface area contributed by atoms with Gasteiger partial charge in [-0.15, -0.1) is 0 Å². The molecule has 0 saturated heterocycles. The van der Waals surface area contributed by atoms with Gasteiger partial charge in [-0.3, -0.25) is 14.8 Å². The summed E-state index contributed by atoms with van der Waals surface area (Å²) in [6.45, 7) is 0.300. The third kappa shape index (κ3) is 8.10. The quantitative estimate of drug-likeness (QED) is 0.196. The van der Waals surface area contributed by atoms with Gasteiger partial charge in [0.05, 0.1) is 42.9 Å². The molecule has 10 heteroatoms. The van der Waals surface area contributed by atoms with E-state index in [1.165, 1.54) is 0 Å². The topological polar surface area (TPSA) is 158 Å². The molecule has 0 radical (unpaired) electrons. The Balaban J connectivity index is 1.15. The molecule has 0 aromatic carbocycles. The number of hydrogen-bond acceptors (Lipinski definition) is 8. The van der Waals surface area contributed by atoms with Gasteiger partial charge < -0.3 is 30.7 Å². The van der Waals surface area contributed by atoms with Gasteiger partial charge in [-0.05, 0) is 89.9 Å². The summed E-state index contributed by atoms with van der Waals surface area (Å²) in [5.41, 5.74) is 0. The van der Waals surface area contributed by atoms with Crippen LogP contribution in [0.25, 0.3) is 0 Å². The number of carbonyl (C=O) groups is 2. The molecule has 10 nitrogen and oxygen atoms in total. The van der Waals surface area contributed by atoms with Crippen molar-refractivity contribution in [3.8, 4) is 0 Å². The van der Waals surface area contributed by atoms with E-state index in [-0.39, 0.29) is 48.6 Å². The molecule has 1 amide bonds. The first kappa shape index (κ1) is 28.7. The second-order valence-corrected chi connectivity index (χ2v) is 11.9. The molecule has 0 aliphatic heterocycles. The van der Waals surface area contributed by atoms with Crippen LogP contribution in [0.2, 0.25) is 0 Å². The molecule has 4 aliphatic carbocycles. The molecule has 0 spiro atoms. The fraction of sp³-hybridized carbons (Fsp3) is 0.926. The number of carboxylic acid groups (broad SMARTS) is 1. The number of rotatable bonds is 9. The minimum absolute atomic E-state index is 0.0301. The van der Waals surface area contributed by atoms with E-state index in [0.29, 0.717) is 31.9 Å². The Kier molecular flexibility index (Phi) is 10.6. The van der Waals surface area contributed by atoms with E-state index in [9.17, 15) is 24.9 Å². The molecule has 0 aromatic heterocycles. The first-order valence-corrected chi connectivity index (χ1v) is 14.4. The molecule has 4 aliphatic rings. The molecule has 0 aromatic rings. The summed E-state index contributed by atoms with van der Waals surface area (Å²) in [6, 6.07) is 0.573. The van der Waals surface area contributed by atoms with E-state index in [0.717, 1.165) is 64.2 Å². The maximum Gasteiger partial charge on any atom is 0.307 e. The van der Waals surface area contributed by atoms with Gasteiger partial charge in [0.2, 0.25) is 5.91 Å². The number of aliphatic hydroxyl groups excluding tert-OH is 2. The Morgan fingerprint density at radius 2 is 1.32 bits per heavy atom. The first-order valence-electron chi connectivity index (χ1n) is 14.4. The van der Waals surface area contributed by atoms with Crippen LogP contribution in [0, 0.1) is 17.8 Å². The number of carboxylic acids is 1. The lowest BCUT2D eigenvalue weighted by Crippen LogP contribution is -2.50. The van der Waals surface area contributed by atoms with Crippen molar-refractivity contribution in [1.29, 1.82) is 0 Å². The van der Waals surface area contributed by atoms with Gasteiger partial charge in [-0.1, -0.05) is 0 Å². The van der Waals surface area contributed by atoms with Crippen molar-refractivity contribution >= 4 is 11.9 Å². The molecular formula is C27H46N2O8. The van der Waals surface area contributed by atoms with Gasteiger partial charge >= 0.3 is 5.97 Å². The lowest BCUT2D eigenvalue weighted by Gasteiger charge is -2.39. The smallest absolute Gasteiger partial charge is 0.307 e. The molecule has 6 atom stereocenters. The van der Waals surface area contributed by atoms with Crippen molar-refractivity contribution in [3.05, 3.63) is 0 Å². The molecule has 0 heterocycles. The number of carbonyl (C=O) groups excluding carboxylic acids is 1. The zero-order chi connectivity index (χ0) is 26.4. The average molecular weight is 527 g/mol. The summed E-state index contributed by atoms with van der Waals surface area (Å²) >= 11 is 0. The molecule has 6 N–H and O–H groups in total. The molecule has 37 heavy (non-hydrogen) atoms. The minimum atomic E-state index is -0.954. The molecule has 0 bridgehead atoms. The van der Waals surface area contributed by atoms with E-state index in [1.54, 1.807) is 0 Å². The largest absolute Gasteiger partial charge is 0.481 e. The third-order valence-electron chi connectivity index (χ3n) is 9.26. The van der Waals surface area contributed by atoms with Gasteiger partial charge in [0.15, 0.2) is 0 Å². The molecule has 4 fully saturated rings. The van der Waals surface area contributed by atoms with Crippen LogP contribution in [0.15, 0.2) is 0 Å². The lowest BCUT2D eigenvalue weighted by atomic mass is 9.77. The normalized spacial score (nSPS) is 41.2. The number of ether oxygens (including phenoxy) is 1. The van der Waals surface area contributed by atoms with E-state index in [4.69, 9.17) is 9.99 Å². The minimum Gasteiger partial charge on any atom is -0.481 e. The summed E-state index contributed by atoms with van der Waals surface area (Å²) in [5, 5.41) is 45.2. The molecule has 4 saturated carbocycles. The monoisotopic (exact) mass is 526 g/mol. The standard InChI is InChI=1S/C27H46N2O8/c30-19-7-12-23(27(33)34)24(13-19)26(32)29-18-4-10-22(11-5-18)37-21-8-2-17(3-9-21)28-25-14-20(31)6-1-16(25)15-36-35/h16-25,28,30-31,35H,1-15H2,(H,29,32)(H,33,34). The maximum absolute atomic E-state index is 12.8. The van der Waals surface area contributed by atoms with Crippen molar-refractivity contribution in [2.75, 3.05) is 6.61 Å². The van der Waals surface area contributed by atoms with E-state index in [2.05, 4.69) is 15.5 Å². The zero-order valence-corrected chi connectivity index (χ0v) is 21.8. The number of aliphatic carboxylic acids is 1. The highest BCUT2D eigenvalue weighted by Crippen LogP contribution is 2.33. The Hall–Kier alpha value is -1.30. The lowest BCUT2D eigenvalue weighted by molar-refractivity contribution is -0.254. The van der Waals surface area contributed by atoms with Crippen LogP contribution in [-0.2, 0) is 19.2 Å². The van der Waals surface area contributed by atoms with Crippen LogP contribution in [0.1, 0.15) is 89.9 Å². The van der Waals surface area contributed by atoms with Crippen LogP contribution in [-0.4, -0.2) is 81.6 Å². The number of aliphatic hydroxyl groups is 2. The fourth-order valence-corrected chi connectivity index (χ4v) is 7.04. The van der Waals surface area contributed by atoms with Gasteiger partial charge in [0.25, 0.3) is 0 Å². The molecule has 4 rings (SSSR count). The summed E-state index contributed by atoms with van der Waals surface area (Å²) < 4.78 is 6.44. The van der Waals surface area contributed by atoms with Crippen LogP contribution < -0.4 is 10.6 Å². The van der Waals surface area contributed by atoms with Gasteiger partial charge in [-0.25, -0.2) is 4.89 Å². The van der Waals surface area contributed by atoms with E-state index < -0.39 is 23.9 Å². The predicted octanol–water partition coefficient (Wildman–Crippen LogP) is 2.21. The highest BCUT2D eigenvalue weighted by Gasteiger charge is 2.40. The van der Waals surface area contributed by atoms with Crippen LogP contribution >= 0.6 is 0 Å². The summed E-state index contributed by atoms with van der Waals surface area (Å²) in [6.07, 6.45) is 10.2. The van der Waals surface area contributed by atoms with Crippen molar-refractivity contribution in [1.82, 2.24) is 10.6 Å². The third-order valence-corrected chi connectivity index (χ3v) is 9.26. The Labute approximate surface area is 219 Å². The average Bonchev–Trinajstić information content (AvgIpc) is 2.88. The van der Waals surface area contributed by atoms with Gasteiger partial charge in [-0.2, -0.15) is 0 Å². The second kappa shape index (κ2) is 13.7. The van der Waals surface area contributed by atoms with Crippen molar-refractivity contribution in [2.45, 2.75) is 132 Å². The Bertz CT molecular complexity index is 738. The molecule has 6 unspecified atom stereocenters. The summed E-state index contributed by atoms with van der Waals surface area (Å²) in [5.74, 6) is -2.35. The highest BCUT2D eigenvalue weighted by atomic mass is 17.1. The molecule has 212 valence electrons. The van der Waals surface area contributed by atoms with Gasteiger partial charge in [0, 0.05) is 24.0 Å². The first-order chi connectivity index (χ1) is 17.8. The van der Waals surface area contributed by atoms with Crippen molar-refractivity contribution < 1.29 is 39.8 Å². The van der Waals surface area contributed by atoms with Crippen LogP contribution in [0.3, 0.4) is 0 Å². The second-order valence-electron chi connectivity index (χ2n) is 11.9. The van der Waals surface area contributed by atoms with E-state index in [1.807, 2.05) is 0 Å². The van der Waals surface area contributed by atoms with Crippen LogP contribution in [0.4, 0.5) is 0 Å². The van der Waals surface area contributed by atoms with Gasteiger partial charge in [0.1, 0.15) is 0 Å². The van der Waals surface area contributed by atoms with E-state index >= 15 is 0 Å². The number of nitrogens with one attached hydrogen (secondary N) is 2. The Morgan fingerprint density at radius 1 is 0.730 bits per heavy atom. The summed E-state index contributed by atoms with van der Waals surface area (Å²) in [7, 11) is 0.